The molecule has 3 heteroatoms. The lowest BCUT2D eigenvalue weighted by Gasteiger charge is -2.35. The van der Waals surface area contributed by atoms with Crippen molar-refractivity contribution in [3.8, 4) is 0 Å². The molecule has 0 saturated carbocycles. The van der Waals surface area contributed by atoms with E-state index in [1.807, 2.05) is 0 Å². The Bertz CT molecular complexity index is 619. The van der Waals surface area contributed by atoms with Crippen LogP contribution < -0.4 is 10.6 Å². The van der Waals surface area contributed by atoms with Crippen LogP contribution in [-0.4, -0.2) is 32.1 Å². The number of anilines is 1. The molecule has 0 bridgehead atoms. The Morgan fingerprint density at radius 2 is 1.73 bits per heavy atom. The topological polar surface area (TPSA) is 32.5 Å². The molecule has 0 fully saturated rings. The Balaban J connectivity index is 1.80. The van der Waals surface area contributed by atoms with E-state index >= 15 is 0 Å². The fraction of sp³-hybridized carbons (Fsp3) is 0.368. The second-order valence-electron chi connectivity index (χ2n) is 6.23. The molecular formula is C19H25N3. The lowest BCUT2D eigenvalue weighted by molar-refractivity contribution is 0.183. The summed E-state index contributed by atoms with van der Waals surface area (Å²) in [6.07, 6.45) is 1.11. The molecule has 1 heterocycles. The van der Waals surface area contributed by atoms with E-state index in [2.05, 4.69) is 72.4 Å². The minimum Gasteiger partial charge on any atom is -0.378 e. The van der Waals surface area contributed by atoms with Crippen molar-refractivity contribution in [3.05, 3.63) is 65.2 Å². The van der Waals surface area contributed by atoms with E-state index in [1.54, 1.807) is 0 Å². The molecule has 3 nitrogen and oxygen atoms in total. The molecule has 0 spiro atoms. The SMILES string of the molecule is CN(C)c1ccc([C@@H](CN)N2CCc3ccccc3C2)cc1. The highest BCUT2D eigenvalue weighted by atomic mass is 15.2. The van der Waals surface area contributed by atoms with Gasteiger partial charge in [0.2, 0.25) is 0 Å². The number of hydrogen-bond donors (Lipinski definition) is 1. The van der Waals surface area contributed by atoms with Gasteiger partial charge in [-0.1, -0.05) is 36.4 Å². The molecule has 1 aliphatic heterocycles. The van der Waals surface area contributed by atoms with Gasteiger partial charge in [0.25, 0.3) is 0 Å². The maximum Gasteiger partial charge on any atom is 0.0474 e. The highest BCUT2D eigenvalue weighted by Crippen LogP contribution is 2.28. The van der Waals surface area contributed by atoms with E-state index in [-0.39, 0.29) is 0 Å². The van der Waals surface area contributed by atoms with Crippen LogP contribution in [0.4, 0.5) is 5.69 Å². The molecule has 0 unspecified atom stereocenters. The smallest absolute Gasteiger partial charge is 0.0474 e. The third-order valence-corrected chi connectivity index (χ3v) is 4.62. The van der Waals surface area contributed by atoms with E-state index in [0.717, 1.165) is 19.5 Å². The van der Waals surface area contributed by atoms with Crippen molar-refractivity contribution in [2.24, 2.45) is 5.73 Å². The van der Waals surface area contributed by atoms with Crippen molar-refractivity contribution >= 4 is 5.69 Å². The van der Waals surface area contributed by atoms with Crippen LogP contribution in [0, 0.1) is 0 Å². The molecule has 0 radical (unpaired) electrons. The van der Waals surface area contributed by atoms with E-state index in [1.165, 1.54) is 22.4 Å². The molecule has 2 aromatic carbocycles. The third-order valence-electron chi connectivity index (χ3n) is 4.62. The minimum absolute atomic E-state index is 0.296. The van der Waals surface area contributed by atoms with Crippen LogP contribution in [0.25, 0.3) is 0 Å². The van der Waals surface area contributed by atoms with Gasteiger partial charge in [0.05, 0.1) is 0 Å². The lowest BCUT2D eigenvalue weighted by Crippen LogP contribution is -2.37. The second-order valence-corrected chi connectivity index (χ2v) is 6.23. The molecule has 22 heavy (non-hydrogen) atoms. The number of benzene rings is 2. The van der Waals surface area contributed by atoms with Crippen LogP contribution in [0.2, 0.25) is 0 Å². The number of rotatable bonds is 4. The van der Waals surface area contributed by atoms with Gasteiger partial charge in [-0.25, -0.2) is 0 Å². The van der Waals surface area contributed by atoms with Gasteiger partial charge in [-0.15, -0.1) is 0 Å². The standard InChI is InChI=1S/C19H25N3/c1-21(2)18-9-7-16(8-10-18)19(13-20)22-12-11-15-5-3-4-6-17(15)14-22/h3-10,19H,11-14,20H2,1-2H3/t19-/m1/s1. The van der Waals surface area contributed by atoms with E-state index < -0.39 is 0 Å². The number of nitrogens with two attached hydrogens (primary N) is 1. The van der Waals surface area contributed by atoms with Gasteiger partial charge in [0.1, 0.15) is 0 Å². The van der Waals surface area contributed by atoms with Crippen molar-refractivity contribution in [2.75, 3.05) is 32.1 Å². The fourth-order valence-electron chi connectivity index (χ4n) is 3.27. The van der Waals surface area contributed by atoms with Crippen LogP contribution >= 0.6 is 0 Å². The quantitative estimate of drug-likeness (QED) is 0.941. The molecule has 2 aromatic rings. The first-order valence-corrected chi connectivity index (χ1v) is 7.97. The molecule has 0 amide bonds. The Morgan fingerprint density at radius 1 is 1.05 bits per heavy atom. The molecule has 3 rings (SSSR count). The average molecular weight is 295 g/mol. The molecule has 1 atom stereocenters. The van der Waals surface area contributed by atoms with Gasteiger partial charge in [0.15, 0.2) is 0 Å². The predicted molar refractivity (Wildman–Crippen MR) is 93.1 cm³/mol. The van der Waals surface area contributed by atoms with Crippen LogP contribution in [0.1, 0.15) is 22.7 Å². The van der Waals surface area contributed by atoms with Crippen LogP contribution in [0.3, 0.4) is 0 Å². The molecular weight excluding hydrogens is 270 g/mol. The fourth-order valence-corrected chi connectivity index (χ4v) is 3.27. The largest absolute Gasteiger partial charge is 0.378 e. The highest BCUT2D eigenvalue weighted by Gasteiger charge is 2.23. The molecule has 0 aromatic heterocycles. The monoisotopic (exact) mass is 295 g/mol. The summed E-state index contributed by atoms with van der Waals surface area (Å²) < 4.78 is 0. The normalized spacial score (nSPS) is 16.1. The van der Waals surface area contributed by atoms with Crippen molar-refractivity contribution in [1.29, 1.82) is 0 Å². The Kier molecular flexibility index (Phi) is 4.46. The number of hydrogen-bond acceptors (Lipinski definition) is 3. The highest BCUT2D eigenvalue weighted by molar-refractivity contribution is 5.46. The van der Waals surface area contributed by atoms with Gasteiger partial charge in [-0.3, -0.25) is 4.90 Å². The Hall–Kier alpha value is -1.84. The molecule has 0 saturated heterocycles. The zero-order valence-electron chi connectivity index (χ0n) is 13.5. The summed E-state index contributed by atoms with van der Waals surface area (Å²) in [5.41, 5.74) is 11.6. The van der Waals surface area contributed by atoms with Crippen LogP contribution in [0.15, 0.2) is 48.5 Å². The first kappa shape index (κ1) is 15.1. The third kappa shape index (κ3) is 3.01. The zero-order valence-corrected chi connectivity index (χ0v) is 13.5. The van der Waals surface area contributed by atoms with Gasteiger partial charge < -0.3 is 10.6 Å². The summed E-state index contributed by atoms with van der Waals surface area (Å²) >= 11 is 0. The summed E-state index contributed by atoms with van der Waals surface area (Å²) in [5, 5.41) is 0. The summed E-state index contributed by atoms with van der Waals surface area (Å²) in [7, 11) is 4.13. The van der Waals surface area contributed by atoms with Crippen molar-refractivity contribution < 1.29 is 0 Å². The second kappa shape index (κ2) is 6.51. The first-order valence-electron chi connectivity index (χ1n) is 7.97. The summed E-state index contributed by atoms with van der Waals surface area (Å²) in [5.74, 6) is 0. The molecule has 0 aliphatic carbocycles. The Labute approximate surface area is 133 Å². The van der Waals surface area contributed by atoms with Crippen LogP contribution in [-0.2, 0) is 13.0 Å². The molecule has 2 N–H and O–H groups in total. The van der Waals surface area contributed by atoms with Gasteiger partial charge in [-0.05, 0) is 35.2 Å². The summed E-state index contributed by atoms with van der Waals surface area (Å²) in [4.78, 5) is 4.63. The number of nitrogens with zero attached hydrogens (tertiary/aromatic N) is 2. The van der Waals surface area contributed by atoms with Gasteiger partial charge in [0, 0.05) is 45.5 Å². The van der Waals surface area contributed by atoms with Crippen molar-refractivity contribution in [2.45, 2.75) is 19.0 Å². The first-order chi connectivity index (χ1) is 10.7. The van der Waals surface area contributed by atoms with E-state index in [9.17, 15) is 0 Å². The maximum absolute atomic E-state index is 6.10. The van der Waals surface area contributed by atoms with Gasteiger partial charge in [-0.2, -0.15) is 0 Å². The summed E-state index contributed by atoms with van der Waals surface area (Å²) in [6.45, 7) is 2.73. The Morgan fingerprint density at radius 3 is 2.36 bits per heavy atom. The van der Waals surface area contributed by atoms with Crippen LogP contribution in [0.5, 0.6) is 0 Å². The predicted octanol–water partition coefficient (Wildman–Crippen LogP) is 2.81. The van der Waals surface area contributed by atoms with Crippen molar-refractivity contribution in [3.63, 3.8) is 0 Å². The van der Waals surface area contributed by atoms with Crippen molar-refractivity contribution in [1.82, 2.24) is 4.90 Å². The lowest BCUT2D eigenvalue weighted by atomic mass is 9.96. The van der Waals surface area contributed by atoms with E-state index in [4.69, 9.17) is 5.73 Å². The maximum atomic E-state index is 6.10. The average Bonchev–Trinajstić information content (AvgIpc) is 2.56. The van der Waals surface area contributed by atoms with Gasteiger partial charge >= 0.3 is 0 Å². The zero-order chi connectivity index (χ0) is 15.5. The minimum atomic E-state index is 0.296. The summed E-state index contributed by atoms with van der Waals surface area (Å²) in [6, 6.07) is 17.8. The number of fused-ring (bicyclic) bond motifs is 1. The van der Waals surface area contributed by atoms with E-state index in [0.29, 0.717) is 12.6 Å². The molecule has 1 aliphatic rings. The molecule has 116 valence electrons.